The molecule has 0 fully saturated rings. The lowest BCUT2D eigenvalue weighted by Crippen LogP contribution is -2.11. The first kappa shape index (κ1) is 12.2. The molecule has 3 nitrogen and oxygen atoms in total. The lowest BCUT2D eigenvalue weighted by Gasteiger charge is -2.19. The SMILES string of the molecule is CC(O)c1ccccc1NC1CCc2cccnc21. The summed E-state index contributed by atoms with van der Waals surface area (Å²) in [5.41, 5.74) is 4.41. The predicted octanol–water partition coefficient (Wildman–Crippen LogP) is 3.23. The summed E-state index contributed by atoms with van der Waals surface area (Å²) < 4.78 is 0. The molecule has 0 bridgehead atoms. The molecule has 2 aromatic rings. The van der Waals surface area contributed by atoms with Gasteiger partial charge in [0.25, 0.3) is 0 Å². The molecule has 1 aliphatic carbocycles. The highest BCUT2D eigenvalue weighted by Crippen LogP contribution is 2.34. The van der Waals surface area contributed by atoms with E-state index in [1.165, 1.54) is 5.56 Å². The highest BCUT2D eigenvalue weighted by molar-refractivity contribution is 5.54. The number of aliphatic hydroxyl groups is 1. The zero-order valence-corrected chi connectivity index (χ0v) is 11.0. The lowest BCUT2D eigenvalue weighted by molar-refractivity contribution is 0.200. The number of hydrogen-bond acceptors (Lipinski definition) is 3. The number of nitrogens with one attached hydrogen (secondary N) is 1. The topological polar surface area (TPSA) is 45.1 Å². The van der Waals surface area contributed by atoms with Crippen LogP contribution in [0.4, 0.5) is 5.69 Å². The number of fused-ring (bicyclic) bond motifs is 1. The van der Waals surface area contributed by atoms with Crippen LogP contribution in [0.15, 0.2) is 42.6 Å². The van der Waals surface area contributed by atoms with Gasteiger partial charge in [-0.05, 0) is 37.5 Å². The van der Waals surface area contributed by atoms with E-state index >= 15 is 0 Å². The number of hydrogen-bond donors (Lipinski definition) is 2. The van der Waals surface area contributed by atoms with Gasteiger partial charge >= 0.3 is 0 Å². The fraction of sp³-hybridized carbons (Fsp3) is 0.312. The summed E-state index contributed by atoms with van der Waals surface area (Å²) in [7, 11) is 0. The fourth-order valence-electron chi connectivity index (χ4n) is 2.73. The molecule has 98 valence electrons. The van der Waals surface area contributed by atoms with Crippen LogP contribution in [0.2, 0.25) is 0 Å². The summed E-state index contributed by atoms with van der Waals surface area (Å²) in [6, 6.07) is 12.3. The highest BCUT2D eigenvalue weighted by Gasteiger charge is 2.24. The minimum Gasteiger partial charge on any atom is -0.389 e. The zero-order valence-electron chi connectivity index (χ0n) is 11.0. The van der Waals surface area contributed by atoms with Gasteiger partial charge in [-0.1, -0.05) is 24.3 Å². The maximum absolute atomic E-state index is 9.82. The Hall–Kier alpha value is -1.87. The molecule has 0 radical (unpaired) electrons. The molecule has 1 aromatic heterocycles. The second-order valence-electron chi connectivity index (χ2n) is 5.05. The Morgan fingerprint density at radius 3 is 2.95 bits per heavy atom. The molecule has 1 heterocycles. The maximum atomic E-state index is 9.82. The van der Waals surface area contributed by atoms with Gasteiger partial charge in [0, 0.05) is 17.4 Å². The van der Waals surface area contributed by atoms with Crippen molar-refractivity contribution in [1.82, 2.24) is 4.98 Å². The smallest absolute Gasteiger partial charge is 0.0781 e. The number of nitrogens with zero attached hydrogens (tertiary/aromatic N) is 1. The van der Waals surface area contributed by atoms with E-state index in [0.29, 0.717) is 0 Å². The first-order valence-electron chi connectivity index (χ1n) is 6.73. The molecule has 2 unspecified atom stereocenters. The van der Waals surface area contributed by atoms with Crippen molar-refractivity contribution >= 4 is 5.69 Å². The summed E-state index contributed by atoms with van der Waals surface area (Å²) in [6.45, 7) is 1.79. The average molecular weight is 254 g/mol. The molecule has 3 heteroatoms. The molecule has 0 amide bonds. The molecule has 1 aliphatic rings. The first-order valence-corrected chi connectivity index (χ1v) is 6.73. The molecule has 0 aliphatic heterocycles. The van der Waals surface area contributed by atoms with Crippen molar-refractivity contribution in [2.75, 3.05) is 5.32 Å². The van der Waals surface area contributed by atoms with Gasteiger partial charge in [-0.3, -0.25) is 4.98 Å². The van der Waals surface area contributed by atoms with E-state index < -0.39 is 6.10 Å². The van der Waals surface area contributed by atoms with Crippen LogP contribution >= 0.6 is 0 Å². The summed E-state index contributed by atoms with van der Waals surface area (Å²) in [5.74, 6) is 0. The van der Waals surface area contributed by atoms with Crippen molar-refractivity contribution in [3.63, 3.8) is 0 Å². The molecular weight excluding hydrogens is 236 g/mol. The number of pyridine rings is 1. The Bertz CT molecular complexity index is 580. The quantitative estimate of drug-likeness (QED) is 0.884. The van der Waals surface area contributed by atoms with E-state index in [1.54, 1.807) is 6.92 Å². The second-order valence-corrected chi connectivity index (χ2v) is 5.05. The Balaban J connectivity index is 1.88. The van der Waals surface area contributed by atoms with Crippen LogP contribution in [0.25, 0.3) is 0 Å². The van der Waals surface area contributed by atoms with E-state index in [0.717, 1.165) is 29.8 Å². The van der Waals surface area contributed by atoms with Gasteiger partial charge in [-0.2, -0.15) is 0 Å². The first-order chi connectivity index (χ1) is 9.25. The van der Waals surface area contributed by atoms with E-state index in [9.17, 15) is 5.11 Å². The standard InChI is InChI=1S/C16H18N2O/c1-11(19)13-6-2-3-7-14(13)18-15-9-8-12-5-4-10-17-16(12)15/h2-7,10-11,15,18-19H,8-9H2,1H3. The maximum Gasteiger partial charge on any atom is 0.0781 e. The molecule has 3 rings (SSSR count). The molecule has 19 heavy (non-hydrogen) atoms. The van der Waals surface area contributed by atoms with Crippen LogP contribution < -0.4 is 5.32 Å². The van der Waals surface area contributed by atoms with Crippen LogP contribution in [0.3, 0.4) is 0 Å². The Labute approximate surface area is 113 Å². The molecule has 0 spiro atoms. The number of aryl methyl sites for hydroxylation is 1. The predicted molar refractivity (Wildman–Crippen MR) is 76.0 cm³/mol. The number of benzene rings is 1. The third kappa shape index (κ3) is 2.34. The molecule has 2 N–H and O–H groups in total. The number of aromatic nitrogens is 1. The summed E-state index contributed by atoms with van der Waals surface area (Å²) in [5, 5.41) is 13.3. The summed E-state index contributed by atoms with van der Waals surface area (Å²) in [6.07, 6.45) is 3.51. The number of aliphatic hydroxyl groups excluding tert-OH is 1. The van der Waals surface area contributed by atoms with Gasteiger partial charge in [-0.15, -0.1) is 0 Å². The van der Waals surface area contributed by atoms with Crippen LogP contribution in [0, 0.1) is 0 Å². The second kappa shape index (κ2) is 5.02. The van der Waals surface area contributed by atoms with Gasteiger partial charge in [0.2, 0.25) is 0 Å². The normalized spacial score (nSPS) is 18.9. The summed E-state index contributed by atoms with van der Waals surface area (Å²) >= 11 is 0. The van der Waals surface area contributed by atoms with Gasteiger partial charge in [0.05, 0.1) is 17.8 Å². The zero-order chi connectivity index (χ0) is 13.2. The Morgan fingerprint density at radius 1 is 1.26 bits per heavy atom. The summed E-state index contributed by atoms with van der Waals surface area (Å²) in [4.78, 5) is 4.49. The van der Waals surface area contributed by atoms with Crippen molar-refractivity contribution in [2.45, 2.75) is 31.9 Å². The van der Waals surface area contributed by atoms with Crippen molar-refractivity contribution in [3.05, 3.63) is 59.4 Å². The van der Waals surface area contributed by atoms with Crippen LogP contribution in [0.5, 0.6) is 0 Å². The van der Waals surface area contributed by atoms with Gasteiger partial charge in [0.1, 0.15) is 0 Å². The molecular formula is C16H18N2O. The molecule has 2 atom stereocenters. The van der Waals surface area contributed by atoms with E-state index in [2.05, 4.69) is 16.4 Å². The Kier molecular flexibility index (Phi) is 3.22. The molecule has 1 aromatic carbocycles. The van der Waals surface area contributed by atoms with Gasteiger partial charge in [-0.25, -0.2) is 0 Å². The number of anilines is 1. The van der Waals surface area contributed by atoms with Crippen LogP contribution in [-0.2, 0) is 6.42 Å². The largest absolute Gasteiger partial charge is 0.389 e. The van der Waals surface area contributed by atoms with E-state index in [-0.39, 0.29) is 6.04 Å². The van der Waals surface area contributed by atoms with Crippen LogP contribution in [-0.4, -0.2) is 10.1 Å². The monoisotopic (exact) mass is 254 g/mol. The van der Waals surface area contributed by atoms with E-state index in [1.807, 2.05) is 36.5 Å². The van der Waals surface area contributed by atoms with Crippen molar-refractivity contribution in [3.8, 4) is 0 Å². The van der Waals surface area contributed by atoms with Crippen LogP contribution in [0.1, 0.15) is 42.3 Å². The third-order valence-corrected chi connectivity index (χ3v) is 3.70. The lowest BCUT2D eigenvalue weighted by atomic mass is 10.1. The number of rotatable bonds is 3. The molecule has 0 saturated carbocycles. The average Bonchev–Trinajstić information content (AvgIpc) is 2.83. The fourth-order valence-corrected chi connectivity index (χ4v) is 2.73. The third-order valence-electron chi connectivity index (χ3n) is 3.70. The van der Waals surface area contributed by atoms with Gasteiger partial charge in [0.15, 0.2) is 0 Å². The van der Waals surface area contributed by atoms with Crippen molar-refractivity contribution < 1.29 is 5.11 Å². The van der Waals surface area contributed by atoms with Crippen molar-refractivity contribution in [1.29, 1.82) is 0 Å². The molecule has 0 saturated heterocycles. The minimum absolute atomic E-state index is 0.246. The van der Waals surface area contributed by atoms with Gasteiger partial charge < -0.3 is 10.4 Å². The van der Waals surface area contributed by atoms with E-state index in [4.69, 9.17) is 0 Å². The minimum atomic E-state index is -0.465. The Morgan fingerprint density at radius 2 is 2.11 bits per heavy atom. The number of para-hydroxylation sites is 1. The van der Waals surface area contributed by atoms with Crippen molar-refractivity contribution in [2.24, 2.45) is 0 Å². The highest BCUT2D eigenvalue weighted by atomic mass is 16.3.